The highest BCUT2D eigenvalue weighted by Crippen LogP contribution is 2.02. The van der Waals surface area contributed by atoms with E-state index < -0.39 is 0 Å². The van der Waals surface area contributed by atoms with Crippen molar-refractivity contribution in [3.63, 3.8) is 0 Å². The van der Waals surface area contributed by atoms with Gasteiger partial charge in [-0.1, -0.05) is 0 Å². The van der Waals surface area contributed by atoms with E-state index in [-0.39, 0.29) is 0 Å². The first-order chi connectivity index (χ1) is 6.67. The fourth-order valence-electron chi connectivity index (χ4n) is 1.50. The van der Waals surface area contributed by atoms with Crippen LogP contribution in [-0.2, 0) is 11.3 Å². The Hall–Kier alpha value is -0.870. The van der Waals surface area contributed by atoms with Crippen LogP contribution in [0.15, 0.2) is 6.07 Å². The van der Waals surface area contributed by atoms with Crippen LogP contribution >= 0.6 is 0 Å². The molecule has 1 rings (SSSR count). The van der Waals surface area contributed by atoms with Gasteiger partial charge in [0.1, 0.15) is 0 Å². The lowest BCUT2D eigenvalue weighted by atomic mass is 10.3. The molecule has 0 bridgehead atoms. The van der Waals surface area contributed by atoms with Crippen LogP contribution in [0.2, 0.25) is 0 Å². The molecule has 80 valence electrons. The Morgan fingerprint density at radius 1 is 1.57 bits per heavy atom. The van der Waals surface area contributed by atoms with Crippen molar-refractivity contribution in [1.82, 2.24) is 15.1 Å². The molecule has 0 saturated carbocycles. The van der Waals surface area contributed by atoms with Gasteiger partial charge in [0, 0.05) is 18.8 Å². The number of hydrogen-bond donors (Lipinski definition) is 1. The quantitative estimate of drug-likeness (QED) is 0.756. The summed E-state index contributed by atoms with van der Waals surface area (Å²) in [6.45, 7) is 5.63. The average Bonchev–Trinajstić information content (AvgIpc) is 2.44. The first-order valence-electron chi connectivity index (χ1n) is 4.84. The predicted molar refractivity (Wildman–Crippen MR) is 56.4 cm³/mol. The minimum atomic E-state index is 0.318. The van der Waals surface area contributed by atoms with Crippen molar-refractivity contribution in [2.45, 2.75) is 26.4 Å². The zero-order valence-electron chi connectivity index (χ0n) is 9.37. The summed E-state index contributed by atoms with van der Waals surface area (Å²) in [5.41, 5.74) is 2.26. The monoisotopic (exact) mass is 197 g/mol. The SMILES string of the molecule is CNC(COC)Cn1nc(C)cc1C. The van der Waals surface area contributed by atoms with E-state index >= 15 is 0 Å². The van der Waals surface area contributed by atoms with Gasteiger partial charge in [0.15, 0.2) is 0 Å². The number of aryl methyl sites for hydroxylation is 2. The summed E-state index contributed by atoms with van der Waals surface area (Å²) in [7, 11) is 3.65. The number of likely N-dealkylation sites (N-methyl/N-ethyl adjacent to an activating group) is 1. The van der Waals surface area contributed by atoms with Crippen molar-refractivity contribution in [2.75, 3.05) is 20.8 Å². The highest BCUT2D eigenvalue weighted by Gasteiger charge is 2.08. The maximum atomic E-state index is 5.11. The molecule has 1 N–H and O–H groups in total. The largest absolute Gasteiger partial charge is 0.383 e. The van der Waals surface area contributed by atoms with Crippen LogP contribution in [0, 0.1) is 13.8 Å². The Labute approximate surface area is 85.3 Å². The van der Waals surface area contributed by atoms with E-state index in [0.29, 0.717) is 12.6 Å². The van der Waals surface area contributed by atoms with E-state index in [1.165, 1.54) is 5.69 Å². The number of nitrogens with zero attached hydrogens (tertiary/aromatic N) is 2. The second kappa shape index (κ2) is 5.12. The van der Waals surface area contributed by atoms with Crippen LogP contribution in [0.1, 0.15) is 11.4 Å². The molecule has 0 radical (unpaired) electrons. The van der Waals surface area contributed by atoms with Gasteiger partial charge in [-0.05, 0) is 27.0 Å². The molecule has 0 fully saturated rings. The number of rotatable bonds is 5. The van der Waals surface area contributed by atoms with Gasteiger partial charge >= 0.3 is 0 Å². The number of hydrogen-bond acceptors (Lipinski definition) is 3. The van der Waals surface area contributed by atoms with Gasteiger partial charge in [-0.3, -0.25) is 4.68 Å². The molecular formula is C10H19N3O. The fourth-order valence-corrected chi connectivity index (χ4v) is 1.50. The zero-order valence-corrected chi connectivity index (χ0v) is 9.37. The molecule has 0 aliphatic rings. The molecule has 1 aromatic heterocycles. The summed E-state index contributed by atoms with van der Waals surface area (Å²) in [5, 5.41) is 7.60. The van der Waals surface area contributed by atoms with Gasteiger partial charge in [-0.25, -0.2) is 0 Å². The highest BCUT2D eigenvalue weighted by atomic mass is 16.5. The first kappa shape index (κ1) is 11.2. The van der Waals surface area contributed by atoms with Crippen LogP contribution in [-0.4, -0.2) is 36.6 Å². The summed E-state index contributed by atoms with van der Waals surface area (Å²) in [4.78, 5) is 0. The van der Waals surface area contributed by atoms with Gasteiger partial charge in [0.05, 0.1) is 18.8 Å². The summed E-state index contributed by atoms with van der Waals surface area (Å²) >= 11 is 0. The van der Waals surface area contributed by atoms with Crippen molar-refractivity contribution < 1.29 is 4.74 Å². The normalized spacial score (nSPS) is 13.1. The topological polar surface area (TPSA) is 39.1 Å². The molecule has 1 heterocycles. The van der Waals surface area contributed by atoms with Gasteiger partial charge < -0.3 is 10.1 Å². The van der Waals surface area contributed by atoms with Crippen LogP contribution < -0.4 is 5.32 Å². The molecule has 14 heavy (non-hydrogen) atoms. The number of methoxy groups -OCH3 is 1. The van der Waals surface area contributed by atoms with E-state index in [0.717, 1.165) is 12.2 Å². The first-order valence-corrected chi connectivity index (χ1v) is 4.84. The van der Waals surface area contributed by atoms with Gasteiger partial charge in [0.25, 0.3) is 0 Å². The lowest BCUT2D eigenvalue weighted by Crippen LogP contribution is -2.35. The molecule has 0 spiro atoms. The molecule has 4 heteroatoms. The Balaban J connectivity index is 2.61. The Morgan fingerprint density at radius 3 is 2.71 bits per heavy atom. The third-order valence-electron chi connectivity index (χ3n) is 2.27. The highest BCUT2D eigenvalue weighted by molar-refractivity contribution is 5.06. The van der Waals surface area contributed by atoms with Crippen LogP contribution in [0.25, 0.3) is 0 Å². The second-order valence-corrected chi connectivity index (χ2v) is 3.55. The molecule has 0 aliphatic carbocycles. The Bertz CT molecular complexity index is 283. The summed E-state index contributed by atoms with van der Waals surface area (Å²) in [6.07, 6.45) is 0. The Morgan fingerprint density at radius 2 is 2.29 bits per heavy atom. The fraction of sp³-hybridized carbons (Fsp3) is 0.700. The molecule has 1 aromatic rings. The lowest BCUT2D eigenvalue weighted by molar-refractivity contribution is 0.160. The minimum Gasteiger partial charge on any atom is -0.383 e. The van der Waals surface area contributed by atoms with Crippen molar-refractivity contribution in [2.24, 2.45) is 0 Å². The Kier molecular flexibility index (Phi) is 4.10. The molecule has 0 amide bonds. The van der Waals surface area contributed by atoms with Gasteiger partial charge in [0.2, 0.25) is 0 Å². The van der Waals surface area contributed by atoms with Crippen LogP contribution in [0.3, 0.4) is 0 Å². The second-order valence-electron chi connectivity index (χ2n) is 3.55. The lowest BCUT2D eigenvalue weighted by Gasteiger charge is -2.15. The summed E-state index contributed by atoms with van der Waals surface area (Å²) < 4.78 is 7.12. The molecule has 4 nitrogen and oxygen atoms in total. The van der Waals surface area contributed by atoms with Crippen molar-refractivity contribution in [3.8, 4) is 0 Å². The average molecular weight is 197 g/mol. The van der Waals surface area contributed by atoms with Crippen molar-refractivity contribution >= 4 is 0 Å². The molecular weight excluding hydrogens is 178 g/mol. The number of nitrogens with one attached hydrogen (secondary N) is 1. The van der Waals surface area contributed by atoms with E-state index in [1.54, 1.807) is 7.11 Å². The maximum Gasteiger partial charge on any atom is 0.0633 e. The third kappa shape index (κ3) is 2.82. The van der Waals surface area contributed by atoms with Gasteiger partial charge in [-0.15, -0.1) is 0 Å². The molecule has 1 atom stereocenters. The zero-order chi connectivity index (χ0) is 10.6. The van der Waals surface area contributed by atoms with E-state index in [9.17, 15) is 0 Å². The molecule has 0 saturated heterocycles. The smallest absolute Gasteiger partial charge is 0.0633 e. The molecule has 0 aromatic carbocycles. The molecule has 0 aliphatic heterocycles. The standard InChI is InChI=1S/C10H19N3O/c1-8-5-9(2)13(12-8)6-10(11-3)7-14-4/h5,10-11H,6-7H2,1-4H3. The van der Waals surface area contributed by atoms with Crippen LogP contribution in [0.5, 0.6) is 0 Å². The number of ether oxygens (including phenoxy) is 1. The van der Waals surface area contributed by atoms with Gasteiger partial charge in [-0.2, -0.15) is 5.10 Å². The summed E-state index contributed by atoms with van der Waals surface area (Å²) in [6, 6.07) is 2.40. The number of aromatic nitrogens is 2. The van der Waals surface area contributed by atoms with E-state index in [2.05, 4.69) is 23.4 Å². The van der Waals surface area contributed by atoms with Crippen LogP contribution in [0.4, 0.5) is 0 Å². The third-order valence-corrected chi connectivity index (χ3v) is 2.27. The van der Waals surface area contributed by atoms with Crippen molar-refractivity contribution in [1.29, 1.82) is 0 Å². The maximum absolute atomic E-state index is 5.11. The molecule has 1 unspecified atom stereocenters. The summed E-state index contributed by atoms with van der Waals surface area (Å²) in [5.74, 6) is 0. The van der Waals surface area contributed by atoms with Crippen molar-refractivity contribution in [3.05, 3.63) is 17.5 Å². The van der Waals surface area contributed by atoms with E-state index in [4.69, 9.17) is 4.74 Å². The van der Waals surface area contributed by atoms with E-state index in [1.807, 2.05) is 18.7 Å². The minimum absolute atomic E-state index is 0.318. The predicted octanol–water partition coefficient (Wildman–Crippen LogP) is 0.734.